The molecule has 0 unspecified atom stereocenters. The number of fused-ring (bicyclic) bond motifs is 1. The first-order chi connectivity index (χ1) is 5.97. The van der Waals surface area contributed by atoms with Crippen molar-refractivity contribution in [2.24, 2.45) is 0 Å². The molecule has 0 atom stereocenters. The first-order valence-corrected chi connectivity index (χ1v) is 4.31. The minimum Gasteiger partial charge on any atom is -0.311 e. The molecule has 1 aromatic heterocycles. The van der Waals surface area contributed by atoms with Gasteiger partial charge in [-0.3, -0.25) is 4.98 Å². The van der Waals surface area contributed by atoms with Gasteiger partial charge < -0.3 is 5.32 Å². The summed E-state index contributed by atoms with van der Waals surface area (Å²) in [4.78, 5) is 4.26. The van der Waals surface area contributed by atoms with Crippen LogP contribution in [-0.2, 0) is 13.0 Å². The van der Waals surface area contributed by atoms with Crippen molar-refractivity contribution in [2.75, 3.05) is 6.54 Å². The largest absolute Gasteiger partial charge is 0.311 e. The zero-order chi connectivity index (χ0) is 8.81. The minimum absolute atomic E-state index is 0.941. The lowest BCUT2D eigenvalue weighted by Crippen LogP contribution is -2.24. The quantitative estimate of drug-likeness (QED) is 0.587. The van der Waals surface area contributed by atoms with Gasteiger partial charge in [-0.25, -0.2) is 0 Å². The number of hydrogen-bond acceptors (Lipinski definition) is 2. The number of nitrogens with zero attached hydrogens (tertiary/aromatic N) is 1. The molecule has 1 aromatic rings. The average molecular weight is 163 g/mol. The van der Waals surface area contributed by atoms with Gasteiger partial charge in [0.1, 0.15) is 0 Å². The predicted octanol–water partition coefficient (Wildman–Crippen LogP) is 1.57. The second-order valence-corrected chi connectivity index (χ2v) is 2.54. The molecule has 0 aromatic carbocycles. The molecule has 1 aliphatic rings. The van der Waals surface area contributed by atoms with E-state index in [4.69, 9.17) is 0 Å². The zero-order valence-electron chi connectivity index (χ0n) is 7.51. The lowest BCUT2D eigenvalue weighted by Gasteiger charge is -2.14. The summed E-state index contributed by atoms with van der Waals surface area (Å²) in [5.41, 5.74) is 2.62. The van der Waals surface area contributed by atoms with E-state index < -0.39 is 0 Å². The molecular formula is C10H15N2+. The van der Waals surface area contributed by atoms with Gasteiger partial charge in [-0.1, -0.05) is 6.07 Å². The topological polar surface area (TPSA) is 24.9 Å². The van der Waals surface area contributed by atoms with Crippen LogP contribution in [0.2, 0.25) is 0 Å². The normalized spacial score (nSPS) is 14.1. The van der Waals surface area contributed by atoms with Gasteiger partial charge in [0.05, 0.1) is 19.5 Å². The van der Waals surface area contributed by atoms with E-state index in [1.54, 1.807) is 6.92 Å². The Hall–Kier alpha value is -1.02. The fraction of sp³-hybridized carbons (Fsp3) is 0.400. The number of nitrogens with one attached hydrogen (secondary N) is 1. The van der Waals surface area contributed by atoms with Gasteiger partial charge in [0, 0.05) is 12.7 Å². The van der Waals surface area contributed by atoms with Crippen LogP contribution in [0.25, 0.3) is 0 Å². The molecule has 0 saturated heterocycles. The molecule has 2 heteroatoms. The van der Waals surface area contributed by atoms with Crippen molar-refractivity contribution in [2.45, 2.75) is 19.9 Å². The Balaban J connectivity index is 0.000000336. The summed E-state index contributed by atoms with van der Waals surface area (Å²) in [6, 6.07) is 4.16. The Kier molecular flexibility index (Phi) is 3.61. The first-order valence-electron chi connectivity index (χ1n) is 4.31. The molecule has 0 bridgehead atoms. The summed E-state index contributed by atoms with van der Waals surface area (Å²) in [5.74, 6) is 0. The van der Waals surface area contributed by atoms with Crippen molar-refractivity contribution in [1.29, 1.82) is 0 Å². The summed E-state index contributed by atoms with van der Waals surface area (Å²) in [6.07, 6.45) is 2.98. The molecule has 0 amide bonds. The standard InChI is InChI=1S/C8H10N2.C2H5/c1-2-7-3-5-9-6-8(7)10-4-1;1-2/h1-2,4,9H,3,5-6H2;1H2,2H3/q;+1. The first kappa shape index (κ1) is 9.07. The van der Waals surface area contributed by atoms with E-state index in [9.17, 15) is 0 Å². The van der Waals surface area contributed by atoms with Crippen LogP contribution < -0.4 is 5.32 Å². The third-order valence-electron chi connectivity index (χ3n) is 1.85. The molecular weight excluding hydrogens is 148 g/mol. The Bertz CT molecular complexity index is 208. The summed E-state index contributed by atoms with van der Waals surface area (Å²) in [6.45, 7) is 7.04. The lowest BCUT2D eigenvalue weighted by molar-refractivity contribution is 0.627. The van der Waals surface area contributed by atoms with E-state index in [0.29, 0.717) is 0 Å². The van der Waals surface area contributed by atoms with Gasteiger partial charge in [-0.15, -0.1) is 0 Å². The molecule has 2 rings (SSSR count). The second-order valence-electron chi connectivity index (χ2n) is 2.54. The maximum Gasteiger partial charge on any atom is 0.0746 e. The Morgan fingerprint density at radius 1 is 1.50 bits per heavy atom. The van der Waals surface area contributed by atoms with Gasteiger partial charge in [0.2, 0.25) is 0 Å². The van der Waals surface area contributed by atoms with E-state index >= 15 is 0 Å². The monoisotopic (exact) mass is 163 g/mol. The third-order valence-corrected chi connectivity index (χ3v) is 1.85. The number of rotatable bonds is 0. The van der Waals surface area contributed by atoms with E-state index in [0.717, 1.165) is 19.5 Å². The highest BCUT2D eigenvalue weighted by atomic mass is 14.9. The van der Waals surface area contributed by atoms with Crippen LogP contribution >= 0.6 is 0 Å². The fourth-order valence-corrected chi connectivity index (χ4v) is 1.29. The highest BCUT2D eigenvalue weighted by molar-refractivity contribution is 5.21. The van der Waals surface area contributed by atoms with E-state index in [-0.39, 0.29) is 0 Å². The van der Waals surface area contributed by atoms with Gasteiger partial charge in [-0.2, -0.15) is 0 Å². The van der Waals surface area contributed by atoms with Gasteiger partial charge in [0.25, 0.3) is 0 Å². The Labute approximate surface area is 74.0 Å². The highest BCUT2D eigenvalue weighted by Crippen LogP contribution is 2.08. The minimum atomic E-state index is 0.941. The second kappa shape index (κ2) is 4.78. The third kappa shape index (κ3) is 1.98. The van der Waals surface area contributed by atoms with Crippen molar-refractivity contribution < 1.29 is 0 Å². The van der Waals surface area contributed by atoms with Crippen molar-refractivity contribution in [3.05, 3.63) is 36.5 Å². The molecule has 0 fully saturated rings. The number of pyridine rings is 1. The van der Waals surface area contributed by atoms with Crippen LogP contribution in [-0.4, -0.2) is 11.5 Å². The van der Waals surface area contributed by atoms with Crippen LogP contribution in [0.15, 0.2) is 18.3 Å². The molecule has 2 nitrogen and oxygen atoms in total. The predicted molar refractivity (Wildman–Crippen MR) is 50.7 cm³/mol. The van der Waals surface area contributed by atoms with E-state index in [1.165, 1.54) is 11.3 Å². The lowest BCUT2D eigenvalue weighted by atomic mass is 10.1. The summed E-state index contributed by atoms with van der Waals surface area (Å²) >= 11 is 0. The maximum atomic E-state index is 4.26. The van der Waals surface area contributed by atoms with E-state index in [2.05, 4.69) is 23.3 Å². The number of hydrogen-bond donors (Lipinski definition) is 1. The van der Waals surface area contributed by atoms with Gasteiger partial charge in [-0.05, 0) is 24.6 Å². The van der Waals surface area contributed by atoms with Crippen LogP contribution in [0.5, 0.6) is 0 Å². The SMILES string of the molecule is [CH2+]C.c1cnc2c(c1)CCNC2. The van der Waals surface area contributed by atoms with Crippen LogP contribution in [0.3, 0.4) is 0 Å². The molecule has 0 saturated carbocycles. The van der Waals surface area contributed by atoms with Crippen molar-refractivity contribution in [1.82, 2.24) is 10.3 Å². The Morgan fingerprint density at radius 3 is 3.08 bits per heavy atom. The molecule has 2 heterocycles. The Morgan fingerprint density at radius 2 is 2.33 bits per heavy atom. The van der Waals surface area contributed by atoms with Crippen LogP contribution in [0, 0.1) is 6.92 Å². The summed E-state index contributed by atoms with van der Waals surface area (Å²) < 4.78 is 0. The smallest absolute Gasteiger partial charge is 0.0746 e. The average Bonchev–Trinajstić information content (AvgIpc) is 2.21. The van der Waals surface area contributed by atoms with Crippen molar-refractivity contribution in [3.8, 4) is 0 Å². The molecule has 1 N–H and O–H groups in total. The fourth-order valence-electron chi connectivity index (χ4n) is 1.29. The molecule has 0 aliphatic carbocycles. The molecule has 1 aliphatic heterocycles. The molecule has 64 valence electrons. The highest BCUT2D eigenvalue weighted by Gasteiger charge is 2.06. The summed E-state index contributed by atoms with van der Waals surface area (Å²) in [5, 5.41) is 3.28. The van der Waals surface area contributed by atoms with Gasteiger partial charge >= 0.3 is 0 Å². The van der Waals surface area contributed by atoms with Gasteiger partial charge in [0.15, 0.2) is 0 Å². The molecule has 0 spiro atoms. The van der Waals surface area contributed by atoms with E-state index in [1.807, 2.05) is 12.3 Å². The van der Waals surface area contributed by atoms with Crippen LogP contribution in [0.1, 0.15) is 18.2 Å². The molecule has 0 radical (unpaired) electrons. The van der Waals surface area contributed by atoms with Crippen molar-refractivity contribution >= 4 is 0 Å². The molecule has 12 heavy (non-hydrogen) atoms. The van der Waals surface area contributed by atoms with Crippen LogP contribution in [0.4, 0.5) is 0 Å². The maximum absolute atomic E-state index is 4.26. The zero-order valence-corrected chi connectivity index (χ0v) is 7.51. The summed E-state index contributed by atoms with van der Waals surface area (Å²) in [7, 11) is 0. The van der Waals surface area contributed by atoms with Crippen molar-refractivity contribution in [3.63, 3.8) is 0 Å². The number of aromatic nitrogens is 1.